The first-order valence-corrected chi connectivity index (χ1v) is 13.5. The summed E-state index contributed by atoms with van der Waals surface area (Å²) in [5.74, 6) is 1.17. The molecule has 4 nitrogen and oxygen atoms in total. The summed E-state index contributed by atoms with van der Waals surface area (Å²) >= 11 is 0. The standard InChI is InChI=1S/C30H42N4.ClH/c1-22-5-4-6-24(19-22)27(15-18-33-26-11-9-25(31)10-12-26)29-21-34(20-23-13-16-32-17-14-23)30-8-3-2-7-28(29)30;/h2-8,19,21,23,25-27,32-33H,9-18,20,31H2,1H3;1H. The van der Waals surface area contributed by atoms with Crippen LogP contribution in [0.5, 0.6) is 0 Å². The van der Waals surface area contributed by atoms with Crippen LogP contribution in [0.1, 0.15) is 67.6 Å². The maximum Gasteiger partial charge on any atom is 0.0483 e. The van der Waals surface area contributed by atoms with E-state index in [9.17, 15) is 0 Å². The molecule has 2 fully saturated rings. The summed E-state index contributed by atoms with van der Waals surface area (Å²) in [7, 11) is 0. The summed E-state index contributed by atoms with van der Waals surface area (Å²) in [5, 5.41) is 8.82. The Kier molecular flexibility index (Phi) is 9.29. The van der Waals surface area contributed by atoms with Crippen LogP contribution in [0.4, 0.5) is 0 Å². The van der Waals surface area contributed by atoms with E-state index in [-0.39, 0.29) is 12.4 Å². The first-order valence-electron chi connectivity index (χ1n) is 13.5. The average Bonchev–Trinajstić information content (AvgIpc) is 3.22. The van der Waals surface area contributed by atoms with Gasteiger partial charge in [0, 0.05) is 41.6 Å². The van der Waals surface area contributed by atoms with E-state index in [1.807, 2.05) is 0 Å². The molecule has 2 aromatic carbocycles. The second-order valence-corrected chi connectivity index (χ2v) is 10.8. The van der Waals surface area contributed by atoms with Crippen LogP contribution in [0.2, 0.25) is 0 Å². The molecule has 1 aromatic heterocycles. The number of hydrogen-bond donors (Lipinski definition) is 3. The number of para-hydroxylation sites is 1. The van der Waals surface area contributed by atoms with Gasteiger partial charge in [-0.3, -0.25) is 0 Å². The molecule has 0 radical (unpaired) electrons. The van der Waals surface area contributed by atoms with Crippen molar-refractivity contribution < 1.29 is 0 Å². The van der Waals surface area contributed by atoms with E-state index in [0.29, 0.717) is 18.0 Å². The molecule has 3 aromatic rings. The van der Waals surface area contributed by atoms with Gasteiger partial charge in [-0.05, 0) is 94.6 Å². The highest BCUT2D eigenvalue weighted by molar-refractivity contribution is 5.85. The van der Waals surface area contributed by atoms with Crippen molar-refractivity contribution in [2.45, 2.75) is 76.4 Å². The second kappa shape index (κ2) is 12.4. The lowest BCUT2D eigenvalue weighted by molar-refractivity contribution is 0.336. The van der Waals surface area contributed by atoms with Crippen molar-refractivity contribution in [2.75, 3.05) is 19.6 Å². The Morgan fingerprint density at radius 1 is 1.00 bits per heavy atom. The normalized spacial score (nSPS) is 22.1. The topological polar surface area (TPSA) is 55.0 Å². The first-order chi connectivity index (χ1) is 16.7. The van der Waals surface area contributed by atoms with Gasteiger partial charge in [0.15, 0.2) is 0 Å². The lowest BCUT2D eigenvalue weighted by atomic mass is 9.87. The summed E-state index contributed by atoms with van der Waals surface area (Å²) in [6, 6.07) is 19.2. The number of rotatable bonds is 8. The van der Waals surface area contributed by atoms with Gasteiger partial charge in [-0.25, -0.2) is 0 Å². The van der Waals surface area contributed by atoms with Gasteiger partial charge >= 0.3 is 0 Å². The number of nitrogens with one attached hydrogen (secondary N) is 2. The van der Waals surface area contributed by atoms with Crippen molar-refractivity contribution in [1.29, 1.82) is 0 Å². The van der Waals surface area contributed by atoms with Crippen molar-refractivity contribution in [3.63, 3.8) is 0 Å². The predicted octanol–water partition coefficient (Wildman–Crippen LogP) is 5.75. The van der Waals surface area contributed by atoms with E-state index in [0.717, 1.165) is 51.4 Å². The Labute approximate surface area is 217 Å². The highest BCUT2D eigenvalue weighted by Gasteiger charge is 2.23. The number of piperidine rings is 1. The summed E-state index contributed by atoms with van der Waals surface area (Å²) in [4.78, 5) is 0. The molecule has 5 heteroatoms. The molecule has 1 aliphatic carbocycles. The van der Waals surface area contributed by atoms with Crippen LogP contribution < -0.4 is 16.4 Å². The largest absolute Gasteiger partial charge is 0.347 e. The number of aryl methyl sites for hydroxylation is 1. The molecule has 2 heterocycles. The van der Waals surface area contributed by atoms with Crippen LogP contribution in [-0.4, -0.2) is 36.3 Å². The van der Waals surface area contributed by atoms with E-state index >= 15 is 0 Å². The van der Waals surface area contributed by atoms with E-state index in [1.54, 1.807) is 0 Å². The van der Waals surface area contributed by atoms with Crippen molar-refractivity contribution in [3.05, 3.63) is 71.4 Å². The quantitative estimate of drug-likeness (QED) is 0.373. The van der Waals surface area contributed by atoms with Gasteiger partial charge in [0.1, 0.15) is 0 Å². The molecule has 1 unspecified atom stereocenters. The molecule has 1 aliphatic heterocycles. The maximum absolute atomic E-state index is 6.13. The van der Waals surface area contributed by atoms with Gasteiger partial charge in [0.25, 0.3) is 0 Å². The molecule has 4 N–H and O–H groups in total. The number of nitrogens with two attached hydrogens (primary N) is 1. The molecule has 5 rings (SSSR count). The zero-order chi connectivity index (χ0) is 23.3. The average molecular weight is 495 g/mol. The molecule has 0 amide bonds. The fourth-order valence-electron chi connectivity index (χ4n) is 6.19. The Balaban J connectivity index is 0.00000289. The fourth-order valence-corrected chi connectivity index (χ4v) is 6.19. The summed E-state index contributed by atoms with van der Waals surface area (Å²) in [6.07, 6.45) is 10.9. The van der Waals surface area contributed by atoms with Crippen LogP contribution in [-0.2, 0) is 6.54 Å². The minimum absolute atomic E-state index is 0. The Morgan fingerprint density at radius 2 is 1.77 bits per heavy atom. The van der Waals surface area contributed by atoms with E-state index < -0.39 is 0 Å². The van der Waals surface area contributed by atoms with Gasteiger partial charge in [-0.2, -0.15) is 0 Å². The highest BCUT2D eigenvalue weighted by Crippen LogP contribution is 2.36. The Hall–Kier alpha value is -1.85. The lowest BCUT2D eigenvalue weighted by Crippen LogP contribution is -2.38. The third-order valence-corrected chi connectivity index (χ3v) is 8.19. The molecule has 1 saturated heterocycles. The molecule has 1 atom stereocenters. The first kappa shape index (κ1) is 26.2. The zero-order valence-corrected chi connectivity index (χ0v) is 22.0. The van der Waals surface area contributed by atoms with Crippen LogP contribution >= 0.6 is 12.4 Å². The van der Waals surface area contributed by atoms with Crippen molar-refractivity contribution in [1.82, 2.24) is 15.2 Å². The van der Waals surface area contributed by atoms with Gasteiger partial charge in [-0.15, -0.1) is 12.4 Å². The number of benzene rings is 2. The molecular formula is C30H43ClN4. The molecule has 0 spiro atoms. The lowest BCUT2D eigenvalue weighted by Gasteiger charge is -2.28. The molecule has 35 heavy (non-hydrogen) atoms. The number of halogens is 1. The highest BCUT2D eigenvalue weighted by atomic mass is 35.5. The molecule has 2 aliphatic rings. The molecule has 0 bridgehead atoms. The third kappa shape index (κ3) is 6.48. The monoisotopic (exact) mass is 494 g/mol. The molecule has 190 valence electrons. The van der Waals surface area contributed by atoms with Crippen molar-refractivity contribution >= 4 is 23.3 Å². The Morgan fingerprint density at radius 3 is 2.54 bits per heavy atom. The van der Waals surface area contributed by atoms with Crippen molar-refractivity contribution in [3.8, 4) is 0 Å². The smallest absolute Gasteiger partial charge is 0.0483 e. The maximum atomic E-state index is 6.13. The summed E-state index contributed by atoms with van der Waals surface area (Å²) in [5.41, 5.74) is 11.8. The third-order valence-electron chi connectivity index (χ3n) is 8.19. The summed E-state index contributed by atoms with van der Waals surface area (Å²) in [6.45, 7) is 6.70. The predicted molar refractivity (Wildman–Crippen MR) is 151 cm³/mol. The van der Waals surface area contributed by atoms with Gasteiger partial charge in [-0.1, -0.05) is 48.0 Å². The van der Waals surface area contributed by atoms with Gasteiger partial charge < -0.3 is 20.9 Å². The van der Waals surface area contributed by atoms with Crippen LogP contribution in [0.25, 0.3) is 10.9 Å². The Bertz CT molecular complexity index is 1060. The SMILES string of the molecule is Cc1cccc(C(CCNC2CCC(N)CC2)c2cn(CC3CCNCC3)c3ccccc23)c1.Cl. The number of nitrogens with zero attached hydrogens (tertiary/aromatic N) is 1. The van der Waals surface area contributed by atoms with E-state index in [4.69, 9.17) is 5.73 Å². The minimum atomic E-state index is 0. The second-order valence-electron chi connectivity index (χ2n) is 10.8. The number of aromatic nitrogens is 1. The number of hydrogen-bond acceptors (Lipinski definition) is 3. The van der Waals surface area contributed by atoms with E-state index in [1.165, 1.54) is 53.3 Å². The van der Waals surface area contributed by atoms with Crippen LogP contribution in [0.3, 0.4) is 0 Å². The van der Waals surface area contributed by atoms with E-state index in [2.05, 4.69) is 76.9 Å². The summed E-state index contributed by atoms with van der Waals surface area (Å²) < 4.78 is 2.55. The zero-order valence-electron chi connectivity index (χ0n) is 21.2. The van der Waals surface area contributed by atoms with Gasteiger partial charge in [0.05, 0.1) is 0 Å². The molecular weight excluding hydrogens is 452 g/mol. The van der Waals surface area contributed by atoms with Crippen LogP contribution in [0.15, 0.2) is 54.7 Å². The molecule has 1 saturated carbocycles. The van der Waals surface area contributed by atoms with Gasteiger partial charge in [0.2, 0.25) is 0 Å². The minimum Gasteiger partial charge on any atom is -0.347 e. The van der Waals surface area contributed by atoms with Crippen molar-refractivity contribution in [2.24, 2.45) is 11.7 Å². The fraction of sp³-hybridized carbons (Fsp3) is 0.533. The van der Waals surface area contributed by atoms with Crippen LogP contribution in [0, 0.1) is 12.8 Å². The number of fused-ring (bicyclic) bond motifs is 1.